The number of rotatable bonds is 5. The lowest BCUT2D eigenvalue weighted by atomic mass is 10.2. The molecule has 1 aromatic rings. The van der Waals surface area contributed by atoms with Crippen LogP contribution < -0.4 is 10.0 Å². The third-order valence-corrected chi connectivity index (χ3v) is 2.56. The molecule has 0 saturated heterocycles. The SMILES string of the molecule is Cc1cccc(NCCNS(C)(=O)=O)c1. The average molecular weight is 228 g/mol. The molecule has 84 valence electrons. The minimum atomic E-state index is -3.08. The van der Waals surface area contributed by atoms with E-state index in [-0.39, 0.29) is 0 Å². The Morgan fingerprint density at radius 1 is 1.27 bits per heavy atom. The number of hydrogen-bond donors (Lipinski definition) is 2. The molecule has 5 heteroatoms. The highest BCUT2D eigenvalue weighted by Crippen LogP contribution is 2.08. The van der Waals surface area contributed by atoms with E-state index < -0.39 is 10.0 Å². The molecular weight excluding hydrogens is 212 g/mol. The Labute approximate surface area is 90.8 Å². The molecule has 0 amide bonds. The first-order valence-electron chi connectivity index (χ1n) is 4.72. The second-order valence-electron chi connectivity index (χ2n) is 3.46. The third-order valence-electron chi connectivity index (χ3n) is 1.84. The minimum absolute atomic E-state index is 0.396. The molecule has 0 bridgehead atoms. The largest absolute Gasteiger partial charge is 0.384 e. The van der Waals surface area contributed by atoms with Crippen molar-refractivity contribution >= 4 is 15.7 Å². The summed E-state index contributed by atoms with van der Waals surface area (Å²) in [6.07, 6.45) is 1.15. The lowest BCUT2D eigenvalue weighted by Crippen LogP contribution is -2.27. The zero-order valence-corrected chi connectivity index (χ0v) is 9.76. The maximum absolute atomic E-state index is 10.8. The van der Waals surface area contributed by atoms with E-state index >= 15 is 0 Å². The molecule has 0 saturated carbocycles. The van der Waals surface area contributed by atoms with Gasteiger partial charge in [0, 0.05) is 18.8 Å². The van der Waals surface area contributed by atoms with Gasteiger partial charge in [-0.15, -0.1) is 0 Å². The predicted octanol–water partition coefficient (Wildman–Crippen LogP) is 0.956. The van der Waals surface area contributed by atoms with Crippen LogP contribution in [0.15, 0.2) is 24.3 Å². The lowest BCUT2D eigenvalue weighted by Gasteiger charge is -2.07. The summed E-state index contributed by atoms with van der Waals surface area (Å²) in [4.78, 5) is 0. The van der Waals surface area contributed by atoms with Crippen molar-refractivity contribution in [1.82, 2.24) is 4.72 Å². The average Bonchev–Trinajstić information content (AvgIpc) is 2.11. The Morgan fingerprint density at radius 3 is 2.60 bits per heavy atom. The van der Waals surface area contributed by atoms with Gasteiger partial charge in [-0.1, -0.05) is 12.1 Å². The number of sulfonamides is 1. The maximum Gasteiger partial charge on any atom is 0.208 e. The van der Waals surface area contributed by atoms with Crippen molar-refractivity contribution in [2.45, 2.75) is 6.92 Å². The van der Waals surface area contributed by atoms with Crippen LogP contribution in [-0.4, -0.2) is 27.8 Å². The Morgan fingerprint density at radius 2 is 2.00 bits per heavy atom. The highest BCUT2D eigenvalue weighted by atomic mass is 32.2. The zero-order valence-electron chi connectivity index (χ0n) is 8.95. The van der Waals surface area contributed by atoms with Crippen LogP contribution in [0.25, 0.3) is 0 Å². The summed E-state index contributed by atoms with van der Waals surface area (Å²) in [6, 6.07) is 7.94. The summed E-state index contributed by atoms with van der Waals surface area (Å²) in [6.45, 7) is 2.99. The molecule has 0 unspecified atom stereocenters. The van der Waals surface area contributed by atoms with E-state index in [4.69, 9.17) is 0 Å². The van der Waals surface area contributed by atoms with Crippen LogP contribution in [0.3, 0.4) is 0 Å². The highest BCUT2D eigenvalue weighted by Gasteiger charge is 1.98. The van der Waals surface area contributed by atoms with Crippen molar-refractivity contribution in [3.05, 3.63) is 29.8 Å². The Bertz CT molecular complexity index is 415. The van der Waals surface area contributed by atoms with Crippen LogP contribution in [0.5, 0.6) is 0 Å². The molecular formula is C10H16N2O2S. The quantitative estimate of drug-likeness (QED) is 0.738. The fraction of sp³-hybridized carbons (Fsp3) is 0.400. The van der Waals surface area contributed by atoms with E-state index in [2.05, 4.69) is 10.0 Å². The molecule has 1 rings (SSSR count). The van der Waals surface area contributed by atoms with Crippen molar-refractivity contribution in [1.29, 1.82) is 0 Å². The van der Waals surface area contributed by atoms with Crippen LogP contribution in [0, 0.1) is 6.92 Å². The van der Waals surface area contributed by atoms with E-state index in [1.807, 2.05) is 31.2 Å². The molecule has 0 heterocycles. The normalized spacial score (nSPS) is 11.3. The molecule has 0 radical (unpaired) electrons. The number of nitrogens with one attached hydrogen (secondary N) is 2. The van der Waals surface area contributed by atoms with E-state index in [1.54, 1.807) is 0 Å². The van der Waals surface area contributed by atoms with Crippen LogP contribution in [0.4, 0.5) is 5.69 Å². The van der Waals surface area contributed by atoms with Gasteiger partial charge in [-0.2, -0.15) is 0 Å². The Balaban J connectivity index is 2.32. The zero-order chi connectivity index (χ0) is 11.3. The highest BCUT2D eigenvalue weighted by molar-refractivity contribution is 7.88. The predicted molar refractivity (Wildman–Crippen MR) is 62.5 cm³/mol. The van der Waals surface area contributed by atoms with Gasteiger partial charge in [-0.05, 0) is 24.6 Å². The first-order valence-corrected chi connectivity index (χ1v) is 6.62. The molecule has 0 atom stereocenters. The molecule has 0 aliphatic rings. The molecule has 2 N–H and O–H groups in total. The summed E-state index contributed by atoms with van der Waals surface area (Å²) >= 11 is 0. The van der Waals surface area contributed by atoms with Crippen molar-refractivity contribution < 1.29 is 8.42 Å². The van der Waals surface area contributed by atoms with Gasteiger partial charge in [-0.25, -0.2) is 13.1 Å². The topological polar surface area (TPSA) is 58.2 Å². The molecule has 0 spiro atoms. The van der Waals surface area contributed by atoms with Gasteiger partial charge in [-0.3, -0.25) is 0 Å². The van der Waals surface area contributed by atoms with E-state index in [9.17, 15) is 8.42 Å². The van der Waals surface area contributed by atoms with E-state index in [0.717, 1.165) is 11.9 Å². The number of benzene rings is 1. The van der Waals surface area contributed by atoms with Gasteiger partial charge in [0.2, 0.25) is 10.0 Å². The van der Waals surface area contributed by atoms with Gasteiger partial charge in [0.25, 0.3) is 0 Å². The molecule has 0 aliphatic heterocycles. The van der Waals surface area contributed by atoms with Gasteiger partial charge in [0.05, 0.1) is 6.26 Å². The Kier molecular flexibility index (Phi) is 4.11. The van der Waals surface area contributed by atoms with Crippen molar-refractivity contribution in [2.24, 2.45) is 0 Å². The molecule has 15 heavy (non-hydrogen) atoms. The molecule has 0 fully saturated rings. The fourth-order valence-electron chi connectivity index (χ4n) is 1.20. The van der Waals surface area contributed by atoms with Gasteiger partial charge in [0.1, 0.15) is 0 Å². The first-order chi connectivity index (χ1) is 6.97. The third kappa shape index (κ3) is 5.39. The van der Waals surface area contributed by atoms with Crippen LogP contribution in [0.1, 0.15) is 5.56 Å². The molecule has 4 nitrogen and oxygen atoms in total. The van der Waals surface area contributed by atoms with E-state index in [1.165, 1.54) is 5.56 Å². The van der Waals surface area contributed by atoms with Gasteiger partial charge >= 0.3 is 0 Å². The number of aryl methyl sites for hydroxylation is 1. The summed E-state index contributed by atoms with van der Waals surface area (Å²) in [5, 5.41) is 3.13. The summed E-state index contributed by atoms with van der Waals surface area (Å²) in [7, 11) is -3.08. The molecule has 0 aromatic heterocycles. The van der Waals surface area contributed by atoms with Crippen LogP contribution in [0.2, 0.25) is 0 Å². The lowest BCUT2D eigenvalue weighted by molar-refractivity contribution is 0.589. The number of hydrogen-bond acceptors (Lipinski definition) is 3. The summed E-state index contributed by atoms with van der Waals surface area (Å²) in [5.41, 5.74) is 2.18. The Hall–Kier alpha value is -1.07. The number of anilines is 1. The van der Waals surface area contributed by atoms with E-state index in [0.29, 0.717) is 13.1 Å². The maximum atomic E-state index is 10.8. The summed E-state index contributed by atoms with van der Waals surface area (Å²) in [5.74, 6) is 0. The fourth-order valence-corrected chi connectivity index (χ4v) is 1.67. The monoisotopic (exact) mass is 228 g/mol. The minimum Gasteiger partial charge on any atom is -0.384 e. The second kappa shape index (κ2) is 5.14. The summed E-state index contributed by atoms with van der Waals surface area (Å²) < 4.78 is 23.9. The second-order valence-corrected chi connectivity index (χ2v) is 5.30. The van der Waals surface area contributed by atoms with Crippen molar-refractivity contribution in [3.8, 4) is 0 Å². The first kappa shape index (κ1) is 12.0. The standard InChI is InChI=1S/C10H16N2O2S/c1-9-4-3-5-10(8-9)11-6-7-12-15(2,13)14/h3-5,8,11-12H,6-7H2,1-2H3. The van der Waals surface area contributed by atoms with Crippen LogP contribution in [-0.2, 0) is 10.0 Å². The smallest absolute Gasteiger partial charge is 0.208 e. The van der Waals surface area contributed by atoms with Gasteiger partial charge in [0.15, 0.2) is 0 Å². The van der Waals surface area contributed by atoms with Crippen molar-refractivity contribution in [3.63, 3.8) is 0 Å². The van der Waals surface area contributed by atoms with Crippen LogP contribution >= 0.6 is 0 Å². The molecule has 1 aromatic carbocycles. The van der Waals surface area contributed by atoms with Gasteiger partial charge < -0.3 is 5.32 Å². The van der Waals surface area contributed by atoms with Crippen molar-refractivity contribution in [2.75, 3.05) is 24.7 Å². The molecule has 0 aliphatic carbocycles.